The van der Waals surface area contributed by atoms with E-state index >= 15 is 0 Å². The number of carbonyl (C=O) groups is 1. The number of hydrogen-bond acceptors (Lipinski definition) is 3. The number of nitrogens with one attached hydrogen (secondary N) is 2. The predicted molar refractivity (Wildman–Crippen MR) is 67.9 cm³/mol. The van der Waals surface area contributed by atoms with E-state index in [0.29, 0.717) is 0 Å². The van der Waals surface area contributed by atoms with Crippen molar-refractivity contribution in [3.05, 3.63) is 24.3 Å². The first kappa shape index (κ1) is 11.5. The number of thioether (sulfide) groups is 1. The van der Waals surface area contributed by atoms with Crippen LogP contribution in [0.25, 0.3) is 0 Å². The van der Waals surface area contributed by atoms with Gasteiger partial charge < -0.3 is 10.6 Å². The summed E-state index contributed by atoms with van der Waals surface area (Å²) in [5, 5.41) is 6.13. The molecule has 4 heteroatoms. The SMILES string of the molecule is CSc1cccc(NC(=O)[C@H]2CCCN2)c1. The van der Waals surface area contributed by atoms with Crippen LogP contribution in [0.5, 0.6) is 0 Å². The van der Waals surface area contributed by atoms with Crippen LogP contribution in [0.15, 0.2) is 29.2 Å². The number of amides is 1. The van der Waals surface area contributed by atoms with Gasteiger partial charge in [0.25, 0.3) is 0 Å². The minimum atomic E-state index is -0.0158. The summed E-state index contributed by atoms with van der Waals surface area (Å²) in [5.74, 6) is 0.0794. The number of benzene rings is 1. The Hall–Kier alpha value is -1.00. The van der Waals surface area contributed by atoms with Crippen molar-refractivity contribution in [3.63, 3.8) is 0 Å². The van der Waals surface area contributed by atoms with E-state index in [-0.39, 0.29) is 11.9 Å². The van der Waals surface area contributed by atoms with Crippen molar-refractivity contribution < 1.29 is 4.79 Å². The van der Waals surface area contributed by atoms with E-state index in [1.54, 1.807) is 11.8 Å². The third-order valence-corrected chi connectivity index (χ3v) is 3.44. The van der Waals surface area contributed by atoms with Crippen molar-refractivity contribution in [2.45, 2.75) is 23.8 Å². The van der Waals surface area contributed by atoms with Gasteiger partial charge in [-0.3, -0.25) is 4.79 Å². The highest BCUT2D eigenvalue weighted by Crippen LogP contribution is 2.19. The van der Waals surface area contributed by atoms with Crippen LogP contribution in [-0.4, -0.2) is 24.7 Å². The summed E-state index contributed by atoms with van der Waals surface area (Å²) < 4.78 is 0. The van der Waals surface area contributed by atoms with Gasteiger partial charge in [-0.1, -0.05) is 6.07 Å². The van der Waals surface area contributed by atoms with Gasteiger partial charge in [0.05, 0.1) is 6.04 Å². The summed E-state index contributed by atoms with van der Waals surface area (Å²) in [7, 11) is 0. The summed E-state index contributed by atoms with van der Waals surface area (Å²) in [6.45, 7) is 0.947. The number of rotatable bonds is 3. The van der Waals surface area contributed by atoms with Crippen molar-refractivity contribution in [1.82, 2.24) is 5.32 Å². The molecule has 2 rings (SSSR count). The quantitative estimate of drug-likeness (QED) is 0.790. The van der Waals surface area contributed by atoms with Gasteiger partial charge in [-0.15, -0.1) is 11.8 Å². The Morgan fingerprint density at radius 2 is 2.44 bits per heavy atom. The molecule has 3 nitrogen and oxygen atoms in total. The third-order valence-electron chi connectivity index (χ3n) is 2.71. The van der Waals surface area contributed by atoms with Gasteiger partial charge in [0.15, 0.2) is 0 Å². The average molecular weight is 236 g/mol. The smallest absolute Gasteiger partial charge is 0.241 e. The van der Waals surface area contributed by atoms with Gasteiger partial charge in [0, 0.05) is 10.6 Å². The van der Waals surface area contributed by atoms with Crippen LogP contribution < -0.4 is 10.6 Å². The highest BCUT2D eigenvalue weighted by atomic mass is 32.2. The minimum Gasteiger partial charge on any atom is -0.325 e. The standard InChI is InChI=1S/C12H16N2OS/c1-16-10-5-2-4-9(8-10)14-12(15)11-6-3-7-13-11/h2,4-5,8,11,13H,3,6-7H2,1H3,(H,14,15)/t11-/m1/s1. The second-order valence-electron chi connectivity index (χ2n) is 3.87. The summed E-state index contributed by atoms with van der Waals surface area (Å²) in [5.41, 5.74) is 0.880. The second-order valence-corrected chi connectivity index (χ2v) is 4.75. The van der Waals surface area contributed by atoms with Crippen molar-refractivity contribution in [3.8, 4) is 0 Å². The highest BCUT2D eigenvalue weighted by Gasteiger charge is 2.21. The van der Waals surface area contributed by atoms with Gasteiger partial charge in [-0.2, -0.15) is 0 Å². The lowest BCUT2D eigenvalue weighted by molar-refractivity contribution is -0.117. The maximum Gasteiger partial charge on any atom is 0.241 e. The molecular weight excluding hydrogens is 220 g/mol. The Morgan fingerprint density at radius 3 is 3.12 bits per heavy atom. The zero-order valence-electron chi connectivity index (χ0n) is 9.32. The summed E-state index contributed by atoms with van der Waals surface area (Å²) in [6.07, 6.45) is 4.05. The maximum absolute atomic E-state index is 11.8. The highest BCUT2D eigenvalue weighted by molar-refractivity contribution is 7.98. The molecule has 0 aromatic heterocycles. The van der Waals surface area contributed by atoms with Crippen molar-refractivity contribution in [1.29, 1.82) is 0 Å². The molecule has 1 fully saturated rings. The topological polar surface area (TPSA) is 41.1 Å². The first-order chi connectivity index (χ1) is 7.79. The molecule has 86 valence electrons. The van der Waals surface area contributed by atoms with Crippen LogP contribution in [0, 0.1) is 0 Å². The largest absolute Gasteiger partial charge is 0.325 e. The molecule has 1 amide bonds. The Balaban J connectivity index is 1.99. The van der Waals surface area contributed by atoms with E-state index in [2.05, 4.69) is 10.6 Å². The van der Waals surface area contributed by atoms with Crippen LogP contribution in [0.1, 0.15) is 12.8 Å². The van der Waals surface area contributed by atoms with Crippen LogP contribution in [0.3, 0.4) is 0 Å². The fourth-order valence-electron chi connectivity index (χ4n) is 1.84. The Morgan fingerprint density at radius 1 is 1.56 bits per heavy atom. The molecule has 0 bridgehead atoms. The summed E-state index contributed by atoms with van der Waals surface area (Å²) in [6, 6.07) is 7.90. The molecule has 1 aliphatic heterocycles. The number of anilines is 1. The lowest BCUT2D eigenvalue weighted by Gasteiger charge is -2.11. The number of carbonyl (C=O) groups excluding carboxylic acids is 1. The molecule has 0 radical (unpaired) electrons. The molecule has 2 N–H and O–H groups in total. The van der Waals surface area contributed by atoms with Crippen molar-refractivity contribution >= 4 is 23.4 Å². The van der Waals surface area contributed by atoms with Crippen LogP contribution in [0.2, 0.25) is 0 Å². The molecule has 0 unspecified atom stereocenters. The molecule has 0 spiro atoms. The molecule has 1 aliphatic rings. The molecule has 1 aromatic carbocycles. The molecule has 16 heavy (non-hydrogen) atoms. The van der Waals surface area contributed by atoms with E-state index in [9.17, 15) is 4.79 Å². The summed E-state index contributed by atoms with van der Waals surface area (Å²) >= 11 is 1.68. The van der Waals surface area contributed by atoms with E-state index in [0.717, 1.165) is 30.0 Å². The lowest BCUT2D eigenvalue weighted by atomic mass is 10.2. The molecular formula is C12H16N2OS. The van der Waals surface area contributed by atoms with Crippen LogP contribution in [-0.2, 0) is 4.79 Å². The Labute approximate surface area is 100.0 Å². The first-order valence-corrected chi connectivity index (χ1v) is 6.70. The molecule has 1 atom stereocenters. The maximum atomic E-state index is 11.8. The van der Waals surface area contributed by atoms with Crippen LogP contribution in [0.4, 0.5) is 5.69 Å². The molecule has 1 aromatic rings. The normalized spacial score (nSPS) is 19.7. The van der Waals surface area contributed by atoms with Crippen LogP contribution >= 0.6 is 11.8 Å². The number of hydrogen-bond donors (Lipinski definition) is 2. The van der Waals surface area contributed by atoms with Gasteiger partial charge in [0.2, 0.25) is 5.91 Å². The van der Waals surface area contributed by atoms with E-state index in [1.807, 2.05) is 30.5 Å². The van der Waals surface area contributed by atoms with Gasteiger partial charge in [-0.25, -0.2) is 0 Å². The fraction of sp³-hybridized carbons (Fsp3) is 0.417. The van der Waals surface area contributed by atoms with E-state index in [1.165, 1.54) is 0 Å². The summed E-state index contributed by atoms with van der Waals surface area (Å²) in [4.78, 5) is 13.0. The lowest BCUT2D eigenvalue weighted by Crippen LogP contribution is -2.35. The fourth-order valence-corrected chi connectivity index (χ4v) is 2.30. The van der Waals surface area contributed by atoms with E-state index < -0.39 is 0 Å². The Kier molecular flexibility index (Phi) is 3.85. The molecule has 0 saturated carbocycles. The minimum absolute atomic E-state index is 0.0158. The zero-order valence-corrected chi connectivity index (χ0v) is 10.1. The average Bonchev–Trinajstić information content (AvgIpc) is 2.83. The zero-order chi connectivity index (χ0) is 11.4. The van der Waals surface area contributed by atoms with E-state index in [4.69, 9.17) is 0 Å². The van der Waals surface area contributed by atoms with Gasteiger partial charge >= 0.3 is 0 Å². The van der Waals surface area contributed by atoms with Crippen molar-refractivity contribution in [2.24, 2.45) is 0 Å². The van der Waals surface area contributed by atoms with Gasteiger partial charge in [-0.05, 0) is 43.8 Å². The second kappa shape index (κ2) is 5.37. The molecule has 0 aliphatic carbocycles. The Bertz CT molecular complexity index is 375. The predicted octanol–water partition coefficient (Wildman–Crippen LogP) is 2.10. The molecule has 1 heterocycles. The monoisotopic (exact) mass is 236 g/mol. The van der Waals surface area contributed by atoms with Crippen molar-refractivity contribution in [2.75, 3.05) is 18.1 Å². The molecule has 1 saturated heterocycles. The van der Waals surface area contributed by atoms with Gasteiger partial charge in [0.1, 0.15) is 0 Å². The first-order valence-electron chi connectivity index (χ1n) is 5.48. The third kappa shape index (κ3) is 2.77.